The smallest absolute Gasteiger partial charge is 0.261 e. The van der Waals surface area contributed by atoms with Crippen LogP contribution in [0.25, 0.3) is 0 Å². The average molecular weight is 435 g/mol. The summed E-state index contributed by atoms with van der Waals surface area (Å²) >= 11 is 0. The Bertz CT molecular complexity index is 977. The summed E-state index contributed by atoms with van der Waals surface area (Å²) in [4.78, 5) is 12.7. The van der Waals surface area contributed by atoms with E-state index in [-0.39, 0.29) is 31.5 Å². The third kappa shape index (κ3) is 5.35. The van der Waals surface area contributed by atoms with Crippen LogP contribution in [0, 0.1) is 0 Å². The molecule has 1 aliphatic rings. The number of methoxy groups -OCH3 is 1. The molecule has 2 unspecified atom stereocenters. The number of nitrogens with one attached hydrogen (secondary N) is 1. The normalized spacial score (nSPS) is 17.2. The van der Waals surface area contributed by atoms with Gasteiger partial charge in [-0.15, -0.1) is 0 Å². The Morgan fingerprint density at radius 3 is 2.53 bits per heavy atom. The number of sulfonamides is 1. The molecule has 0 aliphatic carbocycles. The average Bonchev–Trinajstić information content (AvgIpc) is 2.92. The van der Waals surface area contributed by atoms with Crippen molar-refractivity contribution in [3.8, 4) is 17.2 Å². The quantitative estimate of drug-likeness (QED) is 0.718. The Morgan fingerprint density at radius 1 is 1.20 bits per heavy atom. The van der Waals surface area contributed by atoms with Crippen LogP contribution < -0.4 is 23.8 Å². The van der Waals surface area contributed by atoms with Crippen molar-refractivity contribution in [3.05, 3.63) is 48.5 Å². The Morgan fingerprint density at radius 2 is 1.87 bits per heavy atom. The van der Waals surface area contributed by atoms with Crippen LogP contribution in [0.5, 0.6) is 17.2 Å². The first-order chi connectivity index (χ1) is 14.3. The van der Waals surface area contributed by atoms with E-state index in [2.05, 4.69) is 5.32 Å². The molecule has 2 aromatic rings. The van der Waals surface area contributed by atoms with Gasteiger partial charge in [-0.25, -0.2) is 8.42 Å². The molecule has 1 amide bonds. The van der Waals surface area contributed by atoms with E-state index in [1.165, 1.54) is 4.31 Å². The van der Waals surface area contributed by atoms with Gasteiger partial charge in [0.25, 0.3) is 5.91 Å². The van der Waals surface area contributed by atoms with Crippen molar-refractivity contribution in [1.29, 1.82) is 0 Å². The van der Waals surface area contributed by atoms with Crippen molar-refractivity contribution in [3.63, 3.8) is 0 Å². The first kappa shape index (κ1) is 21.8. The highest BCUT2D eigenvalue weighted by Crippen LogP contribution is 2.33. The Hall–Kier alpha value is -2.94. The second-order valence-electron chi connectivity index (χ2n) is 7.09. The van der Waals surface area contributed by atoms with Crippen LogP contribution in [0.2, 0.25) is 0 Å². The molecule has 3 rings (SSSR count). The van der Waals surface area contributed by atoms with E-state index in [0.717, 1.165) is 12.0 Å². The van der Waals surface area contributed by atoms with Gasteiger partial charge in [0.1, 0.15) is 23.9 Å². The molecule has 1 aliphatic heterocycles. The lowest BCUT2D eigenvalue weighted by Crippen LogP contribution is -2.45. The summed E-state index contributed by atoms with van der Waals surface area (Å²) in [5, 5.41) is 2.87. The summed E-state index contributed by atoms with van der Waals surface area (Å²) in [7, 11) is -1.89. The minimum Gasteiger partial charge on any atom is -0.497 e. The van der Waals surface area contributed by atoms with E-state index in [0.29, 0.717) is 17.2 Å². The number of anilines is 1. The summed E-state index contributed by atoms with van der Waals surface area (Å²) < 4.78 is 42.3. The van der Waals surface area contributed by atoms with Gasteiger partial charge in [0.15, 0.2) is 6.10 Å². The molecule has 0 aromatic heterocycles. The molecular formula is C21H26N2O6S. The summed E-state index contributed by atoms with van der Waals surface area (Å²) in [6.45, 7) is 2.26. The second kappa shape index (κ2) is 9.25. The minimum atomic E-state index is -3.49. The number of amides is 1. The SMILES string of the molecule is COc1ccc(OCC(C)NC(=O)C2CCN(S(C)(=O)=O)c3ccccc3O2)cc1. The topological polar surface area (TPSA) is 94.2 Å². The Balaban J connectivity index is 1.61. The van der Waals surface area contributed by atoms with Crippen LogP contribution >= 0.6 is 0 Å². The molecule has 2 aromatic carbocycles. The zero-order valence-electron chi connectivity index (χ0n) is 17.2. The number of fused-ring (bicyclic) bond motifs is 1. The van der Waals surface area contributed by atoms with E-state index in [4.69, 9.17) is 14.2 Å². The van der Waals surface area contributed by atoms with E-state index >= 15 is 0 Å². The standard InChI is InChI=1S/C21H26N2O6S/c1-15(14-28-17-10-8-16(27-2)9-11-17)22-21(24)20-12-13-23(30(3,25)26)18-6-4-5-7-19(18)29-20/h4-11,15,20H,12-14H2,1-3H3,(H,22,24). The number of rotatable bonds is 7. The maximum Gasteiger partial charge on any atom is 0.261 e. The number of benzene rings is 2. The lowest BCUT2D eigenvalue weighted by atomic mass is 10.2. The van der Waals surface area contributed by atoms with E-state index in [9.17, 15) is 13.2 Å². The van der Waals surface area contributed by atoms with Gasteiger partial charge in [-0.3, -0.25) is 9.10 Å². The highest BCUT2D eigenvalue weighted by molar-refractivity contribution is 7.92. The van der Waals surface area contributed by atoms with E-state index in [1.54, 1.807) is 55.6 Å². The molecular weight excluding hydrogens is 408 g/mol. The summed E-state index contributed by atoms with van der Waals surface area (Å²) in [6, 6.07) is 13.7. The monoisotopic (exact) mass is 434 g/mol. The van der Waals surface area contributed by atoms with Crippen molar-refractivity contribution >= 4 is 21.6 Å². The van der Waals surface area contributed by atoms with Gasteiger partial charge in [-0.05, 0) is 43.3 Å². The third-order valence-corrected chi connectivity index (χ3v) is 5.82. The van der Waals surface area contributed by atoms with Gasteiger partial charge < -0.3 is 19.5 Å². The number of carbonyl (C=O) groups is 1. The molecule has 1 heterocycles. The number of para-hydroxylation sites is 2. The first-order valence-electron chi connectivity index (χ1n) is 9.58. The number of nitrogens with zero attached hydrogens (tertiary/aromatic N) is 1. The fourth-order valence-corrected chi connectivity index (χ4v) is 4.07. The molecule has 0 spiro atoms. The number of hydrogen-bond acceptors (Lipinski definition) is 6. The molecule has 0 radical (unpaired) electrons. The molecule has 2 atom stereocenters. The number of carbonyl (C=O) groups excluding carboxylic acids is 1. The van der Waals surface area contributed by atoms with Crippen LogP contribution in [0.3, 0.4) is 0 Å². The molecule has 1 N–H and O–H groups in total. The predicted molar refractivity (Wildman–Crippen MR) is 114 cm³/mol. The lowest BCUT2D eigenvalue weighted by molar-refractivity contribution is -0.128. The molecule has 162 valence electrons. The van der Waals surface area contributed by atoms with Gasteiger partial charge in [-0.2, -0.15) is 0 Å². The highest BCUT2D eigenvalue weighted by atomic mass is 32.2. The largest absolute Gasteiger partial charge is 0.497 e. The molecule has 0 fully saturated rings. The Kier molecular flexibility index (Phi) is 6.71. The summed E-state index contributed by atoms with van der Waals surface area (Å²) in [5.74, 6) is 1.45. The van der Waals surface area contributed by atoms with Crippen molar-refractivity contribution in [2.75, 3.05) is 30.8 Å². The Labute approximate surface area is 176 Å². The molecule has 8 nitrogen and oxygen atoms in total. The van der Waals surface area contributed by atoms with Gasteiger partial charge in [0, 0.05) is 13.0 Å². The summed E-state index contributed by atoms with van der Waals surface area (Å²) in [5.41, 5.74) is 0.436. The molecule has 30 heavy (non-hydrogen) atoms. The van der Waals surface area contributed by atoms with Crippen LogP contribution in [0.15, 0.2) is 48.5 Å². The zero-order chi connectivity index (χ0) is 21.7. The highest BCUT2D eigenvalue weighted by Gasteiger charge is 2.31. The first-order valence-corrected chi connectivity index (χ1v) is 11.4. The van der Waals surface area contributed by atoms with Crippen molar-refractivity contribution < 1.29 is 27.4 Å². The van der Waals surface area contributed by atoms with Crippen molar-refractivity contribution in [2.45, 2.75) is 25.5 Å². The molecule has 0 bridgehead atoms. The van der Waals surface area contributed by atoms with Crippen LogP contribution in [0.1, 0.15) is 13.3 Å². The van der Waals surface area contributed by atoms with Gasteiger partial charge >= 0.3 is 0 Å². The van der Waals surface area contributed by atoms with Crippen molar-refractivity contribution in [2.24, 2.45) is 0 Å². The lowest BCUT2D eigenvalue weighted by Gasteiger charge is -2.20. The van der Waals surface area contributed by atoms with Crippen LogP contribution in [-0.2, 0) is 14.8 Å². The third-order valence-electron chi connectivity index (χ3n) is 4.64. The number of hydrogen-bond donors (Lipinski definition) is 1. The van der Waals surface area contributed by atoms with Gasteiger partial charge in [-0.1, -0.05) is 12.1 Å². The maximum atomic E-state index is 12.7. The van der Waals surface area contributed by atoms with Crippen molar-refractivity contribution in [1.82, 2.24) is 5.32 Å². The molecule has 9 heteroatoms. The number of ether oxygens (including phenoxy) is 3. The van der Waals surface area contributed by atoms with E-state index in [1.807, 2.05) is 6.92 Å². The fraction of sp³-hybridized carbons (Fsp3) is 0.381. The zero-order valence-corrected chi connectivity index (χ0v) is 18.0. The summed E-state index contributed by atoms with van der Waals surface area (Å²) in [6.07, 6.45) is 0.573. The van der Waals surface area contributed by atoms with Crippen LogP contribution in [-0.4, -0.2) is 53.0 Å². The second-order valence-corrected chi connectivity index (χ2v) is 9.00. The van der Waals surface area contributed by atoms with Gasteiger partial charge in [0.05, 0.1) is 25.1 Å². The van der Waals surface area contributed by atoms with Crippen LogP contribution in [0.4, 0.5) is 5.69 Å². The maximum absolute atomic E-state index is 12.7. The molecule has 0 saturated heterocycles. The fourth-order valence-electron chi connectivity index (χ4n) is 3.13. The van der Waals surface area contributed by atoms with E-state index < -0.39 is 16.1 Å². The predicted octanol–water partition coefficient (Wildman–Crippen LogP) is 2.20. The van der Waals surface area contributed by atoms with Gasteiger partial charge in [0.2, 0.25) is 10.0 Å². The minimum absolute atomic E-state index is 0.157. The molecule has 0 saturated carbocycles.